The van der Waals surface area contributed by atoms with Crippen molar-refractivity contribution in [1.29, 1.82) is 5.26 Å². The number of hydrogen-bond acceptors (Lipinski definition) is 5. The Bertz CT molecular complexity index is 933. The molecule has 0 N–H and O–H groups in total. The lowest BCUT2D eigenvalue weighted by Crippen LogP contribution is -2.07. The minimum Gasteiger partial charge on any atom is -0.497 e. The van der Waals surface area contributed by atoms with Gasteiger partial charge in [-0.1, -0.05) is 6.08 Å². The van der Waals surface area contributed by atoms with Crippen LogP contribution in [0.15, 0.2) is 57.5 Å². The normalized spacial score (nSPS) is 16.2. The molecule has 0 aliphatic heterocycles. The molecular formula is C21H21NO4. The van der Waals surface area contributed by atoms with E-state index in [1.807, 2.05) is 18.2 Å². The van der Waals surface area contributed by atoms with Gasteiger partial charge in [0.15, 0.2) is 5.43 Å². The first-order valence-electron chi connectivity index (χ1n) is 8.71. The van der Waals surface area contributed by atoms with Crippen molar-refractivity contribution >= 4 is 11.0 Å². The van der Waals surface area contributed by atoms with Gasteiger partial charge in [0.2, 0.25) is 0 Å². The molecule has 1 heterocycles. The third-order valence-electron chi connectivity index (χ3n) is 4.34. The number of unbranched alkanes of at least 4 members (excludes halogenated alkanes) is 2. The summed E-state index contributed by atoms with van der Waals surface area (Å²) in [6.07, 6.45) is 8.74. The minimum atomic E-state index is -0.0586. The van der Waals surface area contributed by atoms with Gasteiger partial charge in [0.25, 0.3) is 0 Å². The van der Waals surface area contributed by atoms with Crippen LogP contribution in [0.25, 0.3) is 11.0 Å². The molecule has 1 aromatic carbocycles. The maximum atomic E-state index is 12.4. The maximum absolute atomic E-state index is 12.4. The Kier molecular flexibility index (Phi) is 5.75. The number of methoxy groups -OCH3 is 1. The van der Waals surface area contributed by atoms with Crippen LogP contribution in [0.3, 0.4) is 0 Å². The van der Waals surface area contributed by atoms with Crippen LogP contribution >= 0.6 is 0 Å². The van der Waals surface area contributed by atoms with Gasteiger partial charge in [-0.25, -0.2) is 0 Å². The number of benzene rings is 1. The van der Waals surface area contributed by atoms with Crippen LogP contribution in [0.5, 0.6) is 5.75 Å². The van der Waals surface area contributed by atoms with E-state index in [4.69, 9.17) is 19.2 Å². The van der Waals surface area contributed by atoms with E-state index < -0.39 is 0 Å². The van der Waals surface area contributed by atoms with E-state index in [1.165, 1.54) is 0 Å². The van der Waals surface area contributed by atoms with Crippen LogP contribution in [-0.4, -0.2) is 13.7 Å². The van der Waals surface area contributed by atoms with Crippen molar-refractivity contribution in [3.63, 3.8) is 0 Å². The van der Waals surface area contributed by atoms with Gasteiger partial charge in [0.05, 0.1) is 25.2 Å². The lowest BCUT2D eigenvalue weighted by molar-refractivity contribution is 0.302. The van der Waals surface area contributed by atoms with Crippen LogP contribution in [0, 0.1) is 11.3 Å². The molecule has 1 unspecified atom stereocenters. The van der Waals surface area contributed by atoms with Crippen molar-refractivity contribution in [3.8, 4) is 11.8 Å². The standard InChI is InChI=1S/C21H21NO4/c1-24-16-7-5-15(6-8-16)20-14-19(23)18-10-9-17(13-21(18)26-20)25-12-4-2-3-11-22/h5,7-10,13-15H,2-4,6,12H2,1H3. The Labute approximate surface area is 152 Å². The molecule has 0 bridgehead atoms. The number of rotatable bonds is 7. The molecule has 0 amide bonds. The van der Waals surface area contributed by atoms with Gasteiger partial charge in [-0.3, -0.25) is 4.79 Å². The second kappa shape index (κ2) is 8.39. The van der Waals surface area contributed by atoms with Crippen LogP contribution in [0.2, 0.25) is 0 Å². The zero-order valence-electron chi connectivity index (χ0n) is 14.7. The third kappa shape index (κ3) is 4.15. The van der Waals surface area contributed by atoms with Gasteiger partial charge < -0.3 is 13.9 Å². The summed E-state index contributed by atoms with van der Waals surface area (Å²) in [6, 6.07) is 8.94. The van der Waals surface area contributed by atoms with Crippen molar-refractivity contribution in [1.82, 2.24) is 0 Å². The summed E-state index contributed by atoms with van der Waals surface area (Å²) in [5, 5.41) is 9.08. The average Bonchev–Trinajstić information content (AvgIpc) is 2.67. The van der Waals surface area contributed by atoms with Crippen molar-refractivity contribution in [2.45, 2.75) is 31.6 Å². The van der Waals surface area contributed by atoms with Gasteiger partial charge >= 0.3 is 0 Å². The highest BCUT2D eigenvalue weighted by molar-refractivity contribution is 5.78. The Morgan fingerprint density at radius 1 is 1.31 bits per heavy atom. The Morgan fingerprint density at radius 3 is 2.92 bits per heavy atom. The lowest BCUT2D eigenvalue weighted by Gasteiger charge is -2.15. The van der Waals surface area contributed by atoms with Crippen LogP contribution in [-0.2, 0) is 4.74 Å². The zero-order chi connectivity index (χ0) is 18.4. The Morgan fingerprint density at radius 2 is 2.19 bits per heavy atom. The molecule has 5 nitrogen and oxygen atoms in total. The Balaban J connectivity index is 1.78. The SMILES string of the molecule is COC1=CCC(c2cc(=O)c3ccc(OCCCCC#N)cc3o2)C=C1. The molecule has 1 aliphatic carbocycles. The second-order valence-electron chi connectivity index (χ2n) is 6.15. The van der Waals surface area contributed by atoms with Crippen molar-refractivity contribution in [2.75, 3.05) is 13.7 Å². The molecule has 1 aliphatic rings. The van der Waals surface area contributed by atoms with E-state index in [0.717, 1.165) is 25.0 Å². The summed E-state index contributed by atoms with van der Waals surface area (Å²) in [4.78, 5) is 12.4. The molecule has 0 saturated carbocycles. The van der Waals surface area contributed by atoms with E-state index in [2.05, 4.69) is 6.07 Å². The molecule has 1 aromatic heterocycles. The maximum Gasteiger partial charge on any atom is 0.192 e. The first kappa shape index (κ1) is 17.8. The monoisotopic (exact) mass is 351 g/mol. The minimum absolute atomic E-state index is 0.0153. The van der Waals surface area contributed by atoms with Crippen molar-refractivity contribution < 1.29 is 13.9 Å². The molecule has 2 aromatic rings. The molecule has 134 valence electrons. The molecular weight excluding hydrogens is 330 g/mol. The summed E-state index contributed by atoms with van der Waals surface area (Å²) in [6.45, 7) is 0.535. The van der Waals surface area contributed by atoms with Crippen molar-refractivity contribution in [2.24, 2.45) is 0 Å². The van der Waals surface area contributed by atoms with Crippen LogP contribution in [0.1, 0.15) is 37.4 Å². The van der Waals surface area contributed by atoms with Crippen molar-refractivity contribution in [3.05, 3.63) is 64.2 Å². The van der Waals surface area contributed by atoms with Crippen LogP contribution in [0.4, 0.5) is 0 Å². The summed E-state index contributed by atoms with van der Waals surface area (Å²) in [7, 11) is 1.63. The number of nitriles is 1. The van der Waals surface area contributed by atoms with Gasteiger partial charge in [0, 0.05) is 24.5 Å². The van der Waals surface area contributed by atoms with Crippen LogP contribution < -0.4 is 10.2 Å². The fourth-order valence-electron chi connectivity index (χ4n) is 2.89. The molecule has 26 heavy (non-hydrogen) atoms. The first-order chi connectivity index (χ1) is 12.7. The van der Waals surface area contributed by atoms with E-state index in [-0.39, 0.29) is 11.3 Å². The quantitative estimate of drug-likeness (QED) is 0.690. The number of nitrogens with zero attached hydrogens (tertiary/aromatic N) is 1. The number of ether oxygens (including phenoxy) is 2. The smallest absolute Gasteiger partial charge is 0.192 e. The molecule has 0 spiro atoms. The number of allylic oxidation sites excluding steroid dienone is 3. The average molecular weight is 351 g/mol. The number of fused-ring (bicyclic) bond motifs is 1. The van der Waals surface area contributed by atoms with E-state index in [1.54, 1.807) is 31.4 Å². The van der Waals surface area contributed by atoms with E-state index >= 15 is 0 Å². The lowest BCUT2D eigenvalue weighted by atomic mass is 9.96. The highest BCUT2D eigenvalue weighted by atomic mass is 16.5. The summed E-state index contributed by atoms with van der Waals surface area (Å²) < 4.78 is 16.9. The fraction of sp³-hybridized carbons (Fsp3) is 0.333. The molecule has 5 heteroatoms. The third-order valence-corrected chi connectivity index (χ3v) is 4.34. The zero-order valence-corrected chi connectivity index (χ0v) is 14.7. The summed E-state index contributed by atoms with van der Waals surface area (Å²) >= 11 is 0. The second-order valence-corrected chi connectivity index (χ2v) is 6.15. The predicted molar refractivity (Wildman–Crippen MR) is 99.0 cm³/mol. The molecule has 0 saturated heterocycles. The highest BCUT2D eigenvalue weighted by Crippen LogP contribution is 2.29. The van der Waals surface area contributed by atoms with Gasteiger partial charge in [-0.2, -0.15) is 5.26 Å². The van der Waals surface area contributed by atoms with Gasteiger partial charge in [-0.15, -0.1) is 0 Å². The predicted octanol–water partition coefficient (Wildman–Crippen LogP) is 4.44. The van der Waals surface area contributed by atoms with E-state index in [9.17, 15) is 4.79 Å². The molecule has 0 radical (unpaired) electrons. The molecule has 1 atom stereocenters. The fourth-order valence-corrected chi connectivity index (χ4v) is 2.89. The molecule has 3 rings (SSSR count). The summed E-state index contributed by atoms with van der Waals surface area (Å²) in [5.41, 5.74) is 0.466. The highest BCUT2D eigenvalue weighted by Gasteiger charge is 2.16. The first-order valence-corrected chi connectivity index (χ1v) is 8.71. The largest absolute Gasteiger partial charge is 0.497 e. The molecule has 0 fully saturated rings. The van der Waals surface area contributed by atoms with Gasteiger partial charge in [-0.05, 0) is 43.5 Å². The summed E-state index contributed by atoms with van der Waals surface area (Å²) in [5.74, 6) is 2.13. The Hall–Kier alpha value is -3.00. The topological polar surface area (TPSA) is 72.5 Å². The van der Waals surface area contributed by atoms with E-state index in [0.29, 0.717) is 35.5 Å². The number of hydrogen-bond donors (Lipinski definition) is 0. The van der Waals surface area contributed by atoms with Gasteiger partial charge in [0.1, 0.15) is 22.9 Å².